The Kier molecular flexibility index (Phi) is 5.49. The monoisotopic (exact) mass is 408 g/mol. The SMILES string of the molecule is CN(C)C(=O)c1cccc(NC(=O)[C@@H]2CCCN(c3nc4ccccc4s3)C2)c1. The van der Waals surface area contributed by atoms with E-state index < -0.39 is 0 Å². The number of aromatic nitrogens is 1. The van der Waals surface area contributed by atoms with Crippen molar-refractivity contribution in [2.75, 3.05) is 37.4 Å². The molecule has 0 aliphatic carbocycles. The number of carbonyl (C=O) groups is 2. The van der Waals surface area contributed by atoms with Gasteiger partial charge >= 0.3 is 0 Å². The minimum absolute atomic E-state index is 0.00902. The van der Waals surface area contributed by atoms with Gasteiger partial charge in [0.05, 0.1) is 16.1 Å². The zero-order chi connectivity index (χ0) is 20.4. The van der Waals surface area contributed by atoms with E-state index in [1.807, 2.05) is 24.3 Å². The fraction of sp³-hybridized carbons (Fsp3) is 0.318. The van der Waals surface area contributed by atoms with Crippen molar-refractivity contribution >= 4 is 44.2 Å². The lowest BCUT2D eigenvalue weighted by Crippen LogP contribution is -2.40. The maximum Gasteiger partial charge on any atom is 0.253 e. The number of piperidine rings is 1. The van der Waals surface area contributed by atoms with Crippen LogP contribution in [0.2, 0.25) is 0 Å². The summed E-state index contributed by atoms with van der Waals surface area (Å²) in [4.78, 5) is 33.5. The molecule has 2 aromatic carbocycles. The maximum absolute atomic E-state index is 12.9. The Morgan fingerprint density at radius 1 is 1.17 bits per heavy atom. The van der Waals surface area contributed by atoms with E-state index in [2.05, 4.69) is 16.3 Å². The fourth-order valence-electron chi connectivity index (χ4n) is 3.59. The van der Waals surface area contributed by atoms with Crippen LogP contribution in [0.4, 0.5) is 10.8 Å². The highest BCUT2D eigenvalue weighted by Crippen LogP contribution is 2.31. The lowest BCUT2D eigenvalue weighted by atomic mass is 9.97. The van der Waals surface area contributed by atoms with Gasteiger partial charge in [-0.05, 0) is 43.2 Å². The van der Waals surface area contributed by atoms with Gasteiger partial charge in [-0.2, -0.15) is 0 Å². The highest BCUT2D eigenvalue weighted by Gasteiger charge is 2.27. The van der Waals surface area contributed by atoms with E-state index in [0.717, 1.165) is 34.7 Å². The molecule has 0 radical (unpaired) electrons. The molecular formula is C22H24N4O2S. The standard InChI is InChI=1S/C22H24N4O2S/c1-25(2)21(28)15-7-5-9-17(13-15)23-20(27)16-8-6-12-26(14-16)22-24-18-10-3-4-11-19(18)29-22/h3-5,7,9-11,13,16H,6,8,12,14H2,1-2H3,(H,23,27)/t16-/m1/s1. The molecule has 1 atom stereocenters. The van der Waals surface area contributed by atoms with Crippen LogP contribution >= 0.6 is 11.3 Å². The van der Waals surface area contributed by atoms with Crippen molar-refractivity contribution in [1.82, 2.24) is 9.88 Å². The van der Waals surface area contributed by atoms with Gasteiger partial charge in [0.2, 0.25) is 5.91 Å². The van der Waals surface area contributed by atoms with Crippen molar-refractivity contribution in [3.63, 3.8) is 0 Å². The Labute approximate surface area is 174 Å². The van der Waals surface area contributed by atoms with E-state index in [0.29, 0.717) is 17.8 Å². The molecule has 1 aliphatic rings. The van der Waals surface area contributed by atoms with Crippen molar-refractivity contribution in [3.8, 4) is 0 Å². The zero-order valence-corrected chi connectivity index (χ0v) is 17.4. The number of rotatable bonds is 4. The van der Waals surface area contributed by atoms with E-state index in [-0.39, 0.29) is 17.7 Å². The van der Waals surface area contributed by atoms with Gasteiger partial charge in [-0.3, -0.25) is 9.59 Å². The Bertz CT molecular complexity index is 1010. The van der Waals surface area contributed by atoms with Gasteiger partial charge in [-0.1, -0.05) is 29.5 Å². The summed E-state index contributed by atoms with van der Waals surface area (Å²) in [6, 6.07) is 15.2. The summed E-state index contributed by atoms with van der Waals surface area (Å²) in [6.07, 6.45) is 1.80. The third-order valence-corrected chi connectivity index (χ3v) is 6.23. The van der Waals surface area contributed by atoms with Crippen LogP contribution in [0.25, 0.3) is 10.2 Å². The number of hydrogen-bond acceptors (Lipinski definition) is 5. The van der Waals surface area contributed by atoms with Gasteiger partial charge in [-0.25, -0.2) is 4.98 Å². The smallest absolute Gasteiger partial charge is 0.253 e. The normalized spacial score (nSPS) is 16.6. The van der Waals surface area contributed by atoms with Crippen molar-refractivity contribution in [3.05, 3.63) is 54.1 Å². The first-order valence-electron chi connectivity index (χ1n) is 9.74. The van der Waals surface area contributed by atoms with Gasteiger partial charge in [0, 0.05) is 38.4 Å². The molecular weight excluding hydrogens is 384 g/mol. The van der Waals surface area contributed by atoms with Gasteiger partial charge in [0.25, 0.3) is 5.91 Å². The summed E-state index contributed by atoms with van der Waals surface area (Å²) in [5.74, 6) is -0.199. The molecule has 1 fully saturated rings. The molecule has 1 N–H and O–H groups in total. The molecule has 2 heterocycles. The number of anilines is 2. The second-order valence-electron chi connectivity index (χ2n) is 7.52. The van der Waals surface area contributed by atoms with Crippen molar-refractivity contribution in [2.45, 2.75) is 12.8 Å². The molecule has 7 heteroatoms. The highest BCUT2D eigenvalue weighted by molar-refractivity contribution is 7.22. The Morgan fingerprint density at radius 3 is 2.79 bits per heavy atom. The summed E-state index contributed by atoms with van der Waals surface area (Å²) in [5.41, 5.74) is 2.22. The molecule has 3 aromatic rings. The molecule has 1 aromatic heterocycles. The summed E-state index contributed by atoms with van der Waals surface area (Å²) in [6.45, 7) is 1.57. The van der Waals surface area contributed by atoms with E-state index in [9.17, 15) is 9.59 Å². The lowest BCUT2D eigenvalue weighted by molar-refractivity contribution is -0.120. The Morgan fingerprint density at radius 2 is 2.00 bits per heavy atom. The third-order valence-electron chi connectivity index (χ3n) is 5.13. The molecule has 0 spiro atoms. The first-order valence-corrected chi connectivity index (χ1v) is 10.6. The number of fused-ring (bicyclic) bond motifs is 1. The van der Waals surface area contributed by atoms with E-state index in [1.54, 1.807) is 43.6 Å². The summed E-state index contributed by atoms with van der Waals surface area (Å²) in [7, 11) is 3.43. The van der Waals surface area contributed by atoms with E-state index >= 15 is 0 Å². The number of nitrogens with one attached hydrogen (secondary N) is 1. The van der Waals surface area contributed by atoms with Crippen molar-refractivity contribution < 1.29 is 9.59 Å². The third kappa shape index (κ3) is 4.24. The minimum atomic E-state index is -0.107. The first-order chi connectivity index (χ1) is 14.0. The second kappa shape index (κ2) is 8.21. The predicted octanol–water partition coefficient (Wildman–Crippen LogP) is 3.85. The molecule has 0 saturated carbocycles. The second-order valence-corrected chi connectivity index (χ2v) is 8.53. The number of nitrogens with zero attached hydrogens (tertiary/aromatic N) is 3. The van der Waals surface area contributed by atoms with Crippen molar-refractivity contribution in [2.24, 2.45) is 5.92 Å². The predicted molar refractivity (Wildman–Crippen MR) is 118 cm³/mol. The molecule has 2 amide bonds. The topological polar surface area (TPSA) is 65.5 Å². The summed E-state index contributed by atoms with van der Waals surface area (Å²) < 4.78 is 1.16. The first kappa shape index (κ1) is 19.4. The Hall–Kier alpha value is -2.93. The van der Waals surface area contributed by atoms with E-state index in [4.69, 9.17) is 4.98 Å². The van der Waals surface area contributed by atoms with Crippen LogP contribution in [0.1, 0.15) is 23.2 Å². The van der Waals surface area contributed by atoms with Gasteiger partial charge in [-0.15, -0.1) is 0 Å². The van der Waals surface area contributed by atoms with Crippen LogP contribution in [0, 0.1) is 5.92 Å². The minimum Gasteiger partial charge on any atom is -0.347 e. The largest absolute Gasteiger partial charge is 0.347 e. The molecule has 150 valence electrons. The van der Waals surface area contributed by atoms with Gasteiger partial charge in [0.15, 0.2) is 5.13 Å². The Balaban J connectivity index is 1.45. The summed E-state index contributed by atoms with van der Waals surface area (Å²) in [5, 5.41) is 3.97. The van der Waals surface area contributed by atoms with Crippen LogP contribution in [0.3, 0.4) is 0 Å². The molecule has 6 nitrogen and oxygen atoms in total. The number of hydrogen-bond donors (Lipinski definition) is 1. The lowest BCUT2D eigenvalue weighted by Gasteiger charge is -2.31. The highest BCUT2D eigenvalue weighted by atomic mass is 32.1. The average Bonchev–Trinajstić information content (AvgIpc) is 3.18. The number of thiazole rings is 1. The molecule has 0 bridgehead atoms. The zero-order valence-electron chi connectivity index (χ0n) is 16.6. The average molecular weight is 409 g/mol. The van der Waals surface area contributed by atoms with Gasteiger partial charge < -0.3 is 15.1 Å². The van der Waals surface area contributed by atoms with Crippen molar-refractivity contribution in [1.29, 1.82) is 0 Å². The molecule has 0 unspecified atom stereocenters. The fourth-order valence-corrected chi connectivity index (χ4v) is 4.59. The van der Waals surface area contributed by atoms with Crippen LogP contribution in [-0.2, 0) is 4.79 Å². The number of carbonyl (C=O) groups excluding carboxylic acids is 2. The molecule has 1 saturated heterocycles. The van der Waals surface area contributed by atoms with Gasteiger partial charge in [0.1, 0.15) is 0 Å². The van der Waals surface area contributed by atoms with Crippen LogP contribution in [-0.4, -0.2) is 48.9 Å². The van der Waals surface area contributed by atoms with E-state index in [1.165, 1.54) is 4.90 Å². The number of amides is 2. The number of para-hydroxylation sites is 1. The molecule has 29 heavy (non-hydrogen) atoms. The molecule has 4 rings (SSSR count). The maximum atomic E-state index is 12.9. The number of benzene rings is 2. The quantitative estimate of drug-likeness (QED) is 0.712. The summed E-state index contributed by atoms with van der Waals surface area (Å²) >= 11 is 1.67. The van der Waals surface area contributed by atoms with Crippen LogP contribution in [0.5, 0.6) is 0 Å². The van der Waals surface area contributed by atoms with Crippen LogP contribution < -0.4 is 10.2 Å². The molecule has 1 aliphatic heterocycles. The van der Waals surface area contributed by atoms with Crippen LogP contribution in [0.15, 0.2) is 48.5 Å².